The largest absolute Gasteiger partial charge is 0.324 e. The fourth-order valence-electron chi connectivity index (χ4n) is 6.14. The number of likely N-dealkylation sites (tertiary alicyclic amines) is 1. The maximum absolute atomic E-state index is 14.2. The Morgan fingerprint density at radius 1 is 1.00 bits per heavy atom. The number of nitrogens with one attached hydrogen (secondary N) is 1. The van der Waals surface area contributed by atoms with Gasteiger partial charge in [-0.05, 0) is 86.2 Å². The van der Waals surface area contributed by atoms with Crippen LogP contribution in [0.25, 0.3) is 0 Å². The van der Waals surface area contributed by atoms with Crippen LogP contribution < -0.4 is 4.72 Å². The normalized spacial score (nSPS) is 19.2. The van der Waals surface area contributed by atoms with E-state index < -0.39 is 26.9 Å². The first kappa shape index (κ1) is 28.2. The molecule has 2 aliphatic rings. The molecule has 1 aliphatic heterocycles. The van der Waals surface area contributed by atoms with Crippen LogP contribution in [0.4, 0.5) is 4.39 Å². The van der Waals surface area contributed by atoms with E-state index in [0.29, 0.717) is 24.8 Å². The number of rotatable bonds is 6. The summed E-state index contributed by atoms with van der Waals surface area (Å²) in [6.45, 7) is 7.67. The van der Waals surface area contributed by atoms with E-state index in [1.807, 2.05) is 31.2 Å². The third-order valence-electron chi connectivity index (χ3n) is 8.03. The summed E-state index contributed by atoms with van der Waals surface area (Å²) in [6.07, 6.45) is 1.49. The Hall–Kier alpha value is -3.36. The van der Waals surface area contributed by atoms with E-state index in [1.165, 1.54) is 24.3 Å². The Labute approximate surface area is 235 Å². The molecule has 1 N–H and O–H groups in total. The number of sulfonamides is 1. The highest BCUT2D eigenvalue weighted by atomic mass is 32.2. The first-order valence-corrected chi connectivity index (χ1v) is 15.1. The number of benzene rings is 3. The molecule has 40 heavy (non-hydrogen) atoms. The third-order valence-corrected chi connectivity index (χ3v) is 9.80. The average molecular weight is 563 g/mol. The second-order valence-electron chi connectivity index (χ2n) is 12.2. The number of carbonyl (C=O) groups is 2. The molecule has 0 radical (unpaired) electrons. The predicted octanol–water partition coefficient (Wildman–Crippen LogP) is 4.96. The monoisotopic (exact) mass is 562 g/mol. The van der Waals surface area contributed by atoms with Crippen molar-refractivity contribution in [3.63, 3.8) is 0 Å². The summed E-state index contributed by atoms with van der Waals surface area (Å²) in [5.41, 5.74) is 1.86. The Bertz CT molecular complexity index is 1520. The first-order chi connectivity index (χ1) is 18.8. The molecule has 1 heterocycles. The van der Waals surface area contributed by atoms with Crippen molar-refractivity contribution >= 4 is 21.7 Å². The van der Waals surface area contributed by atoms with Crippen molar-refractivity contribution in [1.29, 1.82) is 0 Å². The second kappa shape index (κ2) is 10.2. The molecule has 1 saturated heterocycles. The van der Waals surface area contributed by atoms with Gasteiger partial charge in [0.25, 0.3) is 5.91 Å². The van der Waals surface area contributed by atoms with Crippen LogP contribution in [0.15, 0.2) is 77.7 Å². The van der Waals surface area contributed by atoms with E-state index in [0.717, 1.165) is 16.7 Å². The van der Waals surface area contributed by atoms with Crippen LogP contribution in [-0.2, 0) is 34.1 Å². The number of fused-ring (bicyclic) bond motifs is 1. The molecular weight excluding hydrogens is 527 g/mol. The summed E-state index contributed by atoms with van der Waals surface area (Å²) in [5, 5.41) is 0. The summed E-state index contributed by atoms with van der Waals surface area (Å²) < 4.78 is 41.6. The molecule has 3 aromatic carbocycles. The Balaban J connectivity index is 1.40. The van der Waals surface area contributed by atoms with Gasteiger partial charge in [-0.3, -0.25) is 9.59 Å². The molecular formula is C32H35FN2O4S. The number of amides is 1. The lowest BCUT2D eigenvalue weighted by atomic mass is 9.80. The summed E-state index contributed by atoms with van der Waals surface area (Å²) in [6, 6.07) is 20.2. The molecule has 8 heteroatoms. The molecule has 1 spiro atoms. The van der Waals surface area contributed by atoms with Gasteiger partial charge < -0.3 is 4.90 Å². The van der Waals surface area contributed by atoms with Gasteiger partial charge in [-0.25, -0.2) is 17.5 Å². The van der Waals surface area contributed by atoms with Crippen LogP contribution >= 0.6 is 0 Å². The van der Waals surface area contributed by atoms with Crippen molar-refractivity contribution in [3.8, 4) is 0 Å². The number of hydrogen-bond acceptors (Lipinski definition) is 4. The molecule has 0 saturated carbocycles. The summed E-state index contributed by atoms with van der Waals surface area (Å²) >= 11 is 0. The number of Topliss-reactive ketones (excluding diaryl/α,β-unsaturated/α-hetero) is 1. The number of ketones is 1. The van der Waals surface area contributed by atoms with E-state index in [4.69, 9.17) is 0 Å². The summed E-state index contributed by atoms with van der Waals surface area (Å²) in [7, 11) is -3.65. The zero-order valence-electron chi connectivity index (χ0n) is 23.3. The van der Waals surface area contributed by atoms with Crippen molar-refractivity contribution in [1.82, 2.24) is 9.62 Å². The van der Waals surface area contributed by atoms with Crippen molar-refractivity contribution in [2.45, 2.75) is 62.9 Å². The number of halogens is 1. The van der Waals surface area contributed by atoms with E-state index in [2.05, 4.69) is 4.72 Å². The number of hydrogen-bond donors (Lipinski definition) is 1. The lowest BCUT2D eigenvalue weighted by Crippen LogP contribution is -2.52. The van der Waals surface area contributed by atoms with Gasteiger partial charge in [-0.15, -0.1) is 0 Å². The lowest BCUT2D eigenvalue weighted by Gasteiger charge is -2.33. The van der Waals surface area contributed by atoms with E-state index in [-0.39, 0.29) is 35.0 Å². The smallest absolute Gasteiger partial charge is 0.254 e. The molecule has 1 aliphatic carbocycles. The molecule has 5 rings (SSSR count). The highest BCUT2D eigenvalue weighted by Crippen LogP contribution is 2.44. The van der Waals surface area contributed by atoms with Gasteiger partial charge in [0.15, 0.2) is 5.78 Å². The van der Waals surface area contributed by atoms with Crippen molar-refractivity contribution in [3.05, 3.63) is 101 Å². The number of carbonyl (C=O) groups excluding carboxylic acids is 2. The minimum atomic E-state index is -3.65. The highest BCUT2D eigenvalue weighted by molar-refractivity contribution is 7.89. The van der Waals surface area contributed by atoms with Crippen molar-refractivity contribution in [2.24, 2.45) is 11.8 Å². The highest BCUT2D eigenvalue weighted by Gasteiger charge is 2.58. The van der Waals surface area contributed by atoms with Gasteiger partial charge in [-0.1, -0.05) is 43.3 Å². The predicted molar refractivity (Wildman–Crippen MR) is 152 cm³/mol. The third kappa shape index (κ3) is 5.34. The fraction of sp³-hybridized carbons (Fsp3) is 0.375. The summed E-state index contributed by atoms with van der Waals surface area (Å²) in [4.78, 5) is 29.9. The maximum Gasteiger partial charge on any atom is 0.254 e. The second-order valence-corrected chi connectivity index (χ2v) is 13.9. The zero-order valence-corrected chi connectivity index (χ0v) is 24.1. The van der Waals surface area contributed by atoms with E-state index >= 15 is 0 Å². The van der Waals surface area contributed by atoms with Crippen LogP contribution in [0.3, 0.4) is 0 Å². The van der Waals surface area contributed by atoms with Gasteiger partial charge in [0, 0.05) is 36.4 Å². The topological polar surface area (TPSA) is 83.6 Å². The van der Waals surface area contributed by atoms with E-state index in [9.17, 15) is 22.4 Å². The van der Waals surface area contributed by atoms with Gasteiger partial charge in [0.2, 0.25) is 10.0 Å². The molecule has 210 valence electrons. The molecule has 1 amide bonds. The standard InChI is InChI=1S/C32H35FN2O4S/c1-21(17-22-9-15-27(16-10-22)40(38,39)34-31(2,3)4)28-20-35(30(37)23-11-13-26(33)14-12-23)32(29(28)36)18-24-7-5-6-8-25(24)19-32/h5-16,21,28,34H,17-20H2,1-4H3. The van der Waals surface area contributed by atoms with E-state index in [1.54, 1.807) is 49.9 Å². The average Bonchev–Trinajstić information content (AvgIpc) is 3.40. The Morgan fingerprint density at radius 3 is 2.12 bits per heavy atom. The molecule has 6 nitrogen and oxygen atoms in total. The minimum Gasteiger partial charge on any atom is -0.324 e. The fourth-order valence-corrected chi connectivity index (χ4v) is 7.56. The van der Waals surface area contributed by atoms with Crippen LogP contribution in [0.1, 0.15) is 54.7 Å². The van der Waals surface area contributed by atoms with Crippen LogP contribution in [0.2, 0.25) is 0 Å². The SMILES string of the molecule is CC(Cc1ccc(S(=O)(=O)NC(C)(C)C)cc1)C1CN(C(=O)c2ccc(F)cc2)C2(Cc3ccccc3C2)C1=O. The van der Waals surface area contributed by atoms with Gasteiger partial charge in [0.05, 0.1) is 4.90 Å². The van der Waals surface area contributed by atoms with Crippen LogP contribution in [0, 0.1) is 17.7 Å². The van der Waals surface area contributed by atoms with Crippen LogP contribution in [0.5, 0.6) is 0 Å². The Morgan fingerprint density at radius 2 is 1.57 bits per heavy atom. The minimum absolute atomic E-state index is 0.0558. The molecule has 2 atom stereocenters. The molecule has 1 fully saturated rings. The summed E-state index contributed by atoms with van der Waals surface area (Å²) in [5.74, 6) is -1.10. The lowest BCUT2D eigenvalue weighted by molar-refractivity contribution is -0.127. The Kier molecular flexibility index (Phi) is 7.21. The molecule has 0 aromatic heterocycles. The zero-order chi connectivity index (χ0) is 28.9. The quantitative estimate of drug-likeness (QED) is 0.460. The van der Waals surface area contributed by atoms with Crippen molar-refractivity contribution in [2.75, 3.05) is 6.54 Å². The van der Waals surface area contributed by atoms with Gasteiger partial charge in [-0.2, -0.15) is 0 Å². The molecule has 2 unspecified atom stereocenters. The first-order valence-electron chi connectivity index (χ1n) is 13.6. The van der Waals surface area contributed by atoms with Crippen LogP contribution in [-0.4, -0.2) is 42.6 Å². The molecule has 3 aromatic rings. The maximum atomic E-state index is 14.2. The van der Waals surface area contributed by atoms with Crippen molar-refractivity contribution < 1.29 is 22.4 Å². The van der Waals surface area contributed by atoms with Gasteiger partial charge in [0.1, 0.15) is 11.4 Å². The number of nitrogens with zero attached hydrogens (tertiary/aromatic N) is 1. The molecule has 0 bridgehead atoms. The van der Waals surface area contributed by atoms with Gasteiger partial charge >= 0.3 is 0 Å².